The Labute approximate surface area is 169 Å². The molecule has 1 unspecified atom stereocenters. The minimum absolute atomic E-state index is 0.00411. The number of carbonyl (C=O) groups excluding carboxylic acids is 3. The Kier molecular flexibility index (Phi) is 7.34. The van der Waals surface area contributed by atoms with Crippen LogP contribution in [0.15, 0.2) is 41.8 Å². The van der Waals surface area contributed by atoms with E-state index in [0.717, 1.165) is 0 Å². The number of hydrogen-bond acceptors (Lipinski definition) is 5. The Balaban J connectivity index is 2.06. The molecule has 150 valence electrons. The molecule has 1 N–H and O–H groups in total. The van der Waals surface area contributed by atoms with E-state index in [0.29, 0.717) is 10.6 Å². The van der Waals surface area contributed by atoms with E-state index in [1.807, 2.05) is 33.1 Å². The van der Waals surface area contributed by atoms with Crippen LogP contribution in [0.4, 0.5) is 5.69 Å². The lowest BCUT2D eigenvalue weighted by Gasteiger charge is -2.32. The van der Waals surface area contributed by atoms with Crippen molar-refractivity contribution in [1.29, 1.82) is 0 Å². The van der Waals surface area contributed by atoms with Crippen molar-refractivity contribution in [2.24, 2.45) is 0 Å². The monoisotopic (exact) mass is 402 g/mol. The summed E-state index contributed by atoms with van der Waals surface area (Å²) in [5.41, 5.74) is 0.752. The van der Waals surface area contributed by atoms with Gasteiger partial charge < -0.3 is 15.0 Å². The van der Waals surface area contributed by atoms with Gasteiger partial charge in [0.15, 0.2) is 6.10 Å². The van der Waals surface area contributed by atoms with E-state index in [1.165, 1.54) is 17.4 Å². The number of rotatable bonds is 7. The first-order chi connectivity index (χ1) is 13.2. The van der Waals surface area contributed by atoms with Crippen LogP contribution in [0.5, 0.6) is 0 Å². The van der Waals surface area contributed by atoms with Crippen LogP contribution >= 0.6 is 11.3 Å². The fourth-order valence-corrected chi connectivity index (χ4v) is 3.54. The van der Waals surface area contributed by atoms with Crippen molar-refractivity contribution in [1.82, 2.24) is 4.90 Å². The van der Waals surface area contributed by atoms with Gasteiger partial charge in [0.2, 0.25) is 0 Å². The van der Waals surface area contributed by atoms with Crippen LogP contribution in [-0.4, -0.2) is 40.9 Å². The number of carbonyl (C=O) groups is 3. The molecular weight excluding hydrogens is 376 g/mol. The van der Waals surface area contributed by atoms with E-state index >= 15 is 0 Å². The second-order valence-electron chi connectivity index (χ2n) is 6.99. The molecule has 7 heteroatoms. The summed E-state index contributed by atoms with van der Waals surface area (Å²) >= 11 is 1.33. The summed E-state index contributed by atoms with van der Waals surface area (Å²) in [5.74, 6) is -1.09. The van der Waals surface area contributed by atoms with Crippen molar-refractivity contribution in [3.8, 4) is 0 Å². The first-order valence-corrected chi connectivity index (χ1v) is 10.1. The summed E-state index contributed by atoms with van der Waals surface area (Å²) < 4.78 is 5.37. The molecule has 1 heterocycles. The highest BCUT2D eigenvalue weighted by Crippen LogP contribution is 2.17. The lowest BCUT2D eigenvalue weighted by molar-refractivity contribution is -0.143. The first-order valence-electron chi connectivity index (χ1n) is 9.18. The molecule has 0 spiro atoms. The number of amides is 2. The van der Waals surface area contributed by atoms with E-state index in [1.54, 1.807) is 42.2 Å². The van der Waals surface area contributed by atoms with Crippen molar-refractivity contribution in [3.05, 3.63) is 52.2 Å². The summed E-state index contributed by atoms with van der Waals surface area (Å²) in [6.07, 6.45) is -0.901. The van der Waals surface area contributed by atoms with Gasteiger partial charge in [-0.15, -0.1) is 11.3 Å². The summed E-state index contributed by atoms with van der Waals surface area (Å²) in [4.78, 5) is 39.5. The van der Waals surface area contributed by atoms with Gasteiger partial charge >= 0.3 is 5.97 Å². The van der Waals surface area contributed by atoms with E-state index in [4.69, 9.17) is 4.74 Å². The van der Waals surface area contributed by atoms with Crippen molar-refractivity contribution in [3.63, 3.8) is 0 Å². The van der Waals surface area contributed by atoms with E-state index in [9.17, 15) is 14.4 Å². The zero-order chi connectivity index (χ0) is 20.8. The largest absolute Gasteiger partial charge is 0.449 e. The molecule has 0 fully saturated rings. The number of nitrogens with one attached hydrogen (secondary N) is 1. The minimum atomic E-state index is -0.901. The average molecular weight is 403 g/mol. The molecular formula is C21H26N2O4S. The number of anilines is 1. The van der Waals surface area contributed by atoms with E-state index < -0.39 is 12.1 Å². The van der Waals surface area contributed by atoms with Crippen LogP contribution in [0.1, 0.15) is 54.6 Å². The molecule has 1 aromatic heterocycles. The third kappa shape index (κ3) is 5.42. The van der Waals surface area contributed by atoms with Crippen molar-refractivity contribution < 1.29 is 19.1 Å². The molecule has 0 saturated heterocycles. The molecule has 0 radical (unpaired) electrons. The normalized spacial score (nSPS) is 12.0. The predicted molar refractivity (Wildman–Crippen MR) is 111 cm³/mol. The summed E-state index contributed by atoms with van der Waals surface area (Å²) in [5, 5.41) is 4.57. The summed E-state index contributed by atoms with van der Waals surface area (Å²) in [6, 6.07) is 9.99. The second kappa shape index (κ2) is 9.50. The van der Waals surface area contributed by atoms with Crippen LogP contribution < -0.4 is 5.32 Å². The third-order valence-corrected chi connectivity index (χ3v) is 4.97. The minimum Gasteiger partial charge on any atom is -0.449 e. The zero-order valence-electron chi connectivity index (χ0n) is 16.8. The Morgan fingerprint density at radius 3 is 2.25 bits per heavy atom. The fraction of sp³-hybridized carbons (Fsp3) is 0.381. The fourth-order valence-electron chi connectivity index (χ4n) is 2.92. The van der Waals surface area contributed by atoms with Gasteiger partial charge in [0.25, 0.3) is 11.8 Å². The average Bonchev–Trinajstić information content (AvgIpc) is 3.16. The Hall–Kier alpha value is -2.67. The molecule has 1 aromatic carbocycles. The summed E-state index contributed by atoms with van der Waals surface area (Å²) in [7, 11) is 0. The van der Waals surface area contributed by atoms with Crippen molar-refractivity contribution in [2.75, 3.05) is 5.32 Å². The van der Waals surface area contributed by atoms with Gasteiger partial charge in [-0.2, -0.15) is 0 Å². The third-order valence-electron chi connectivity index (χ3n) is 4.10. The van der Waals surface area contributed by atoms with Gasteiger partial charge in [-0.1, -0.05) is 12.1 Å². The van der Waals surface area contributed by atoms with Crippen LogP contribution in [-0.2, 0) is 9.53 Å². The second-order valence-corrected chi connectivity index (χ2v) is 7.94. The number of thiophene rings is 1. The lowest BCUT2D eigenvalue weighted by Crippen LogP contribution is -2.47. The zero-order valence-corrected chi connectivity index (χ0v) is 17.6. The maximum Gasteiger partial charge on any atom is 0.338 e. The number of hydrogen-bond donors (Lipinski definition) is 1. The van der Waals surface area contributed by atoms with Crippen LogP contribution in [0.3, 0.4) is 0 Å². The molecule has 0 saturated carbocycles. The van der Waals surface area contributed by atoms with Gasteiger partial charge in [0, 0.05) is 17.8 Å². The molecule has 0 aliphatic carbocycles. The van der Waals surface area contributed by atoms with E-state index in [2.05, 4.69) is 5.32 Å². The smallest absolute Gasteiger partial charge is 0.338 e. The van der Waals surface area contributed by atoms with Crippen LogP contribution in [0, 0.1) is 0 Å². The molecule has 0 aliphatic heterocycles. The maximum absolute atomic E-state index is 12.6. The Bertz CT molecular complexity index is 823. The maximum atomic E-state index is 12.6. The standard InChI is InChI=1S/C21H26N2O4S/c1-13(2)23(14(3)4)20(25)15(5)27-21(26)16-8-6-9-17(12-16)22-19(24)18-10-7-11-28-18/h6-15H,1-5H3,(H,22,24). The number of nitrogens with zero attached hydrogens (tertiary/aromatic N) is 1. The lowest BCUT2D eigenvalue weighted by atomic mass is 10.2. The highest BCUT2D eigenvalue weighted by Gasteiger charge is 2.28. The van der Waals surface area contributed by atoms with Gasteiger partial charge in [-0.25, -0.2) is 4.79 Å². The first kappa shape index (κ1) is 21.6. The molecule has 1 atom stereocenters. The SMILES string of the molecule is CC(OC(=O)c1cccc(NC(=O)c2cccs2)c1)C(=O)N(C(C)C)C(C)C. The van der Waals surface area contributed by atoms with Crippen LogP contribution in [0.25, 0.3) is 0 Å². The topological polar surface area (TPSA) is 75.7 Å². The Morgan fingerprint density at radius 2 is 1.68 bits per heavy atom. The van der Waals surface area contributed by atoms with Crippen LogP contribution in [0.2, 0.25) is 0 Å². The van der Waals surface area contributed by atoms with E-state index in [-0.39, 0.29) is 29.5 Å². The van der Waals surface area contributed by atoms with Gasteiger partial charge in [-0.05, 0) is 64.3 Å². The number of benzene rings is 1. The highest BCUT2D eigenvalue weighted by atomic mass is 32.1. The molecule has 6 nitrogen and oxygen atoms in total. The molecule has 0 aliphatic rings. The molecule has 2 rings (SSSR count). The predicted octanol–water partition coefficient (Wildman–Crippen LogP) is 4.19. The van der Waals surface area contributed by atoms with Crippen molar-refractivity contribution >= 4 is 34.8 Å². The number of esters is 1. The molecule has 2 aromatic rings. The molecule has 2 amide bonds. The molecule has 0 bridgehead atoms. The molecule has 28 heavy (non-hydrogen) atoms. The van der Waals surface area contributed by atoms with Gasteiger partial charge in [0.05, 0.1) is 10.4 Å². The highest BCUT2D eigenvalue weighted by molar-refractivity contribution is 7.12. The van der Waals surface area contributed by atoms with Crippen molar-refractivity contribution in [2.45, 2.75) is 52.8 Å². The number of ether oxygens (including phenoxy) is 1. The quantitative estimate of drug-likeness (QED) is 0.705. The van der Waals surface area contributed by atoms with Gasteiger partial charge in [0.1, 0.15) is 0 Å². The summed E-state index contributed by atoms with van der Waals surface area (Å²) in [6.45, 7) is 9.26. The Morgan fingerprint density at radius 1 is 1.00 bits per heavy atom. The van der Waals surface area contributed by atoms with Gasteiger partial charge in [-0.3, -0.25) is 9.59 Å².